The van der Waals surface area contributed by atoms with Crippen LogP contribution in [0.3, 0.4) is 0 Å². The molecule has 0 fully saturated rings. The number of allylic oxidation sites excluding steroid dienone is 5. The summed E-state index contributed by atoms with van der Waals surface area (Å²) in [7, 11) is 0. The molecule has 0 aliphatic rings. The van der Waals surface area contributed by atoms with Crippen LogP contribution in [0, 0.1) is 0 Å². The Morgan fingerprint density at radius 3 is 2.70 bits per heavy atom. The van der Waals surface area contributed by atoms with Crippen LogP contribution in [0.25, 0.3) is 22.2 Å². The summed E-state index contributed by atoms with van der Waals surface area (Å²) in [6.07, 6.45) is 8.97. The highest BCUT2D eigenvalue weighted by Crippen LogP contribution is 2.26. The number of carbonyl (C=O) groups excluding carboxylic acids is 1. The highest BCUT2D eigenvalue weighted by molar-refractivity contribution is 6.07. The molecule has 2 heterocycles. The van der Waals surface area contributed by atoms with Gasteiger partial charge in [0.25, 0.3) is 0 Å². The van der Waals surface area contributed by atoms with Crippen molar-refractivity contribution >= 4 is 28.1 Å². The van der Waals surface area contributed by atoms with Crippen molar-refractivity contribution in [3.63, 3.8) is 0 Å². The van der Waals surface area contributed by atoms with Crippen LogP contribution in [0.5, 0.6) is 0 Å². The molecule has 0 atom stereocenters. The predicted molar refractivity (Wildman–Crippen MR) is 108 cm³/mol. The molecule has 0 aliphatic heterocycles. The van der Waals surface area contributed by atoms with E-state index in [4.69, 9.17) is 4.74 Å². The second-order valence-electron chi connectivity index (χ2n) is 5.84. The third-order valence-electron chi connectivity index (χ3n) is 4.15. The summed E-state index contributed by atoms with van der Waals surface area (Å²) in [5.74, 6) is -0.407. The van der Waals surface area contributed by atoms with Gasteiger partial charge in [-0.2, -0.15) is 0 Å². The summed E-state index contributed by atoms with van der Waals surface area (Å²) < 4.78 is 5.13. The van der Waals surface area contributed by atoms with E-state index in [0.29, 0.717) is 34.5 Å². The molecule has 0 bridgehead atoms. The first-order valence-corrected chi connectivity index (χ1v) is 8.74. The molecule has 0 aliphatic carbocycles. The topological polar surface area (TPSA) is 67.9 Å². The first-order valence-electron chi connectivity index (χ1n) is 8.74. The van der Waals surface area contributed by atoms with Gasteiger partial charge in [-0.05, 0) is 30.6 Å². The Hall–Kier alpha value is -3.47. The van der Waals surface area contributed by atoms with Gasteiger partial charge >= 0.3 is 5.97 Å². The predicted octanol–water partition coefficient (Wildman–Crippen LogP) is 4.81. The average Bonchev–Trinajstić information content (AvgIpc) is 3.13. The molecule has 5 nitrogen and oxygen atoms in total. The SMILES string of the molecule is C=C(C=CC(=CC)c1ccccc1)c1ncnc2[nH]cc(C(=O)OCC)c12. The number of aromatic amines is 1. The fraction of sp³-hybridized carbons (Fsp3) is 0.136. The smallest absolute Gasteiger partial charge is 0.340 e. The van der Waals surface area contributed by atoms with E-state index < -0.39 is 5.97 Å². The number of aromatic nitrogens is 3. The van der Waals surface area contributed by atoms with Crippen molar-refractivity contribution in [2.24, 2.45) is 0 Å². The number of rotatable bonds is 6. The fourth-order valence-corrected chi connectivity index (χ4v) is 2.84. The van der Waals surface area contributed by atoms with Gasteiger partial charge < -0.3 is 9.72 Å². The summed E-state index contributed by atoms with van der Waals surface area (Å²) in [6.45, 7) is 8.19. The lowest BCUT2D eigenvalue weighted by molar-refractivity contribution is 0.0528. The third kappa shape index (κ3) is 3.87. The van der Waals surface area contributed by atoms with E-state index in [2.05, 4.69) is 33.7 Å². The normalized spacial score (nSPS) is 11.9. The maximum Gasteiger partial charge on any atom is 0.340 e. The van der Waals surface area contributed by atoms with Gasteiger partial charge in [0.2, 0.25) is 0 Å². The second kappa shape index (κ2) is 8.27. The Labute approximate surface area is 158 Å². The summed E-state index contributed by atoms with van der Waals surface area (Å²) >= 11 is 0. The van der Waals surface area contributed by atoms with Crippen LogP contribution in [0.2, 0.25) is 0 Å². The van der Waals surface area contributed by atoms with Crippen LogP contribution in [0.1, 0.15) is 35.5 Å². The lowest BCUT2D eigenvalue weighted by Crippen LogP contribution is -2.05. The van der Waals surface area contributed by atoms with Gasteiger partial charge in [-0.1, -0.05) is 55.1 Å². The Morgan fingerprint density at radius 2 is 2.00 bits per heavy atom. The van der Waals surface area contributed by atoms with E-state index in [1.165, 1.54) is 6.33 Å². The summed E-state index contributed by atoms with van der Waals surface area (Å²) in [5.41, 5.74) is 4.46. The number of hydrogen-bond donors (Lipinski definition) is 1. The molecule has 27 heavy (non-hydrogen) atoms. The van der Waals surface area contributed by atoms with Gasteiger partial charge in [0, 0.05) is 6.20 Å². The molecule has 1 aromatic carbocycles. The highest BCUT2D eigenvalue weighted by Gasteiger charge is 2.18. The minimum absolute atomic E-state index is 0.303. The average molecular weight is 359 g/mol. The van der Waals surface area contributed by atoms with Crippen LogP contribution in [0.4, 0.5) is 0 Å². The third-order valence-corrected chi connectivity index (χ3v) is 4.15. The molecule has 0 radical (unpaired) electrons. The molecule has 0 unspecified atom stereocenters. The second-order valence-corrected chi connectivity index (χ2v) is 5.84. The lowest BCUT2D eigenvalue weighted by atomic mass is 10.0. The largest absolute Gasteiger partial charge is 0.462 e. The fourth-order valence-electron chi connectivity index (χ4n) is 2.84. The molecule has 2 aromatic heterocycles. The number of nitrogens with one attached hydrogen (secondary N) is 1. The number of ether oxygens (including phenoxy) is 1. The lowest BCUT2D eigenvalue weighted by Gasteiger charge is -2.06. The zero-order valence-corrected chi connectivity index (χ0v) is 15.4. The zero-order valence-electron chi connectivity index (χ0n) is 15.4. The van der Waals surface area contributed by atoms with Crippen molar-refractivity contribution in [1.29, 1.82) is 0 Å². The molecule has 1 N–H and O–H groups in total. The van der Waals surface area contributed by atoms with Crippen LogP contribution >= 0.6 is 0 Å². The van der Waals surface area contributed by atoms with Gasteiger partial charge in [0.15, 0.2) is 0 Å². The van der Waals surface area contributed by atoms with E-state index >= 15 is 0 Å². The van der Waals surface area contributed by atoms with Crippen molar-refractivity contribution in [3.05, 3.63) is 84.5 Å². The number of hydrogen-bond acceptors (Lipinski definition) is 4. The van der Waals surface area contributed by atoms with Gasteiger partial charge in [0.1, 0.15) is 12.0 Å². The number of esters is 1. The van der Waals surface area contributed by atoms with Crippen molar-refractivity contribution in [1.82, 2.24) is 15.0 Å². The number of fused-ring (bicyclic) bond motifs is 1. The molecular weight excluding hydrogens is 338 g/mol. The van der Waals surface area contributed by atoms with E-state index in [1.54, 1.807) is 13.1 Å². The van der Waals surface area contributed by atoms with E-state index in [0.717, 1.165) is 11.1 Å². The highest BCUT2D eigenvalue weighted by atomic mass is 16.5. The molecule has 3 aromatic rings. The maximum atomic E-state index is 12.2. The van der Waals surface area contributed by atoms with Crippen LogP contribution in [0.15, 0.2) is 67.7 Å². The van der Waals surface area contributed by atoms with Gasteiger partial charge in [0.05, 0.1) is 23.3 Å². The monoisotopic (exact) mass is 359 g/mol. The van der Waals surface area contributed by atoms with Crippen LogP contribution in [-0.2, 0) is 4.74 Å². The zero-order chi connectivity index (χ0) is 19.2. The van der Waals surface area contributed by atoms with Gasteiger partial charge in [-0.25, -0.2) is 14.8 Å². The molecule has 136 valence electrons. The summed E-state index contributed by atoms with van der Waals surface area (Å²) in [5, 5.41) is 0.618. The first kappa shape index (κ1) is 18.3. The first-order chi connectivity index (χ1) is 13.2. The summed E-state index contributed by atoms with van der Waals surface area (Å²) in [4.78, 5) is 23.8. The number of carbonyl (C=O) groups is 1. The van der Waals surface area contributed by atoms with Crippen molar-refractivity contribution in [3.8, 4) is 0 Å². The standard InChI is InChI=1S/C22H21N3O2/c1-4-16(17-9-7-6-8-10-17)12-11-15(3)20-19-18(22(26)27-5-2)13-23-21(19)25-14-24-20/h4,6-14H,3,5H2,1-2H3,(H,23,24,25). The Bertz CT molecular complexity index is 1030. The molecular formula is C22H21N3O2. The van der Waals surface area contributed by atoms with Crippen molar-refractivity contribution < 1.29 is 9.53 Å². The van der Waals surface area contributed by atoms with E-state index in [-0.39, 0.29) is 0 Å². The summed E-state index contributed by atoms with van der Waals surface area (Å²) in [6, 6.07) is 10.1. The van der Waals surface area contributed by atoms with Crippen LogP contribution < -0.4 is 0 Å². The molecule has 0 saturated heterocycles. The number of benzene rings is 1. The minimum Gasteiger partial charge on any atom is -0.462 e. The van der Waals surface area contributed by atoms with Crippen LogP contribution in [-0.4, -0.2) is 27.5 Å². The van der Waals surface area contributed by atoms with Gasteiger partial charge in [-0.3, -0.25) is 0 Å². The van der Waals surface area contributed by atoms with E-state index in [9.17, 15) is 4.79 Å². The molecule has 5 heteroatoms. The molecule has 0 amide bonds. The van der Waals surface area contributed by atoms with Gasteiger partial charge in [-0.15, -0.1) is 0 Å². The Balaban J connectivity index is 1.96. The molecule has 3 rings (SSSR count). The Kier molecular flexibility index (Phi) is 5.61. The number of H-pyrrole nitrogens is 1. The number of nitrogens with zero attached hydrogens (tertiary/aromatic N) is 2. The quantitative estimate of drug-likeness (QED) is 0.507. The molecule has 0 spiro atoms. The minimum atomic E-state index is -0.407. The van der Waals surface area contributed by atoms with Crippen molar-refractivity contribution in [2.45, 2.75) is 13.8 Å². The maximum absolute atomic E-state index is 12.2. The Morgan fingerprint density at radius 1 is 1.22 bits per heavy atom. The molecule has 0 saturated carbocycles. The van der Waals surface area contributed by atoms with E-state index in [1.807, 2.05) is 43.4 Å². The van der Waals surface area contributed by atoms with Crippen molar-refractivity contribution in [2.75, 3.05) is 6.61 Å².